The molecule has 0 bridgehead atoms. The Bertz CT molecular complexity index is 1200. The number of hydrogen-bond donors (Lipinski definition) is 1. The minimum Gasteiger partial charge on any atom is -0.497 e. The standard InChI is InChI=1S/C24H26N6O3/c1-15-6-7-16(2)18(12-15)14-30-20-21(28(3)24(32)29(4)22(20)31)26-23(30)27-25-13-17-8-10-19(33-5)11-9-17/h6-13,20H,14H2,1-5H3/p+1/b25-13+. The molecule has 2 aromatic rings. The number of ether oxygens (including phenoxy) is 1. The molecule has 0 aliphatic carbocycles. The minimum absolute atomic E-state index is 0.321. The molecule has 1 saturated heterocycles. The fraction of sp³-hybridized carbons (Fsp3) is 0.292. The van der Waals surface area contributed by atoms with Crippen molar-refractivity contribution in [1.29, 1.82) is 0 Å². The second kappa shape index (κ2) is 8.85. The third-order valence-electron chi connectivity index (χ3n) is 5.87. The van der Waals surface area contributed by atoms with Crippen LogP contribution in [-0.4, -0.2) is 71.6 Å². The molecule has 2 aliphatic heterocycles. The van der Waals surface area contributed by atoms with Gasteiger partial charge in [0.05, 0.1) is 19.9 Å². The topological polar surface area (TPSA) is 89.6 Å². The van der Waals surface area contributed by atoms with Crippen molar-refractivity contribution in [2.45, 2.75) is 26.4 Å². The Labute approximate surface area is 192 Å². The van der Waals surface area contributed by atoms with Crippen molar-refractivity contribution in [3.05, 3.63) is 64.7 Å². The van der Waals surface area contributed by atoms with Crippen LogP contribution >= 0.6 is 0 Å². The van der Waals surface area contributed by atoms with E-state index in [9.17, 15) is 9.59 Å². The van der Waals surface area contributed by atoms with Gasteiger partial charge in [0.25, 0.3) is 5.91 Å². The monoisotopic (exact) mass is 447 g/mol. The summed E-state index contributed by atoms with van der Waals surface area (Å²) in [7, 11) is 4.73. The van der Waals surface area contributed by atoms with Gasteiger partial charge in [-0.25, -0.2) is 9.37 Å². The number of aryl methyl sites for hydroxylation is 2. The summed E-state index contributed by atoms with van der Waals surface area (Å²) in [5.74, 6) is 1.23. The summed E-state index contributed by atoms with van der Waals surface area (Å²) >= 11 is 0. The second-order valence-electron chi connectivity index (χ2n) is 8.14. The molecule has 4 rings (SSSR count). The maximum atomic E-state index is 13.1. The molecule has 9 heteroatoms. The Morgan fingerprint density at radius 1 is 1.12 bits per heavy atom. The maximum absolute atomic E-state index is 13.1. The number of likely N-dealkylation sites (N-methyl/N-ethyl adjacent to an activating group) is 2. The number of hydrogen-bond acceptors (Lipinski definition) is 6. The number of amides is 3. The molecule has 1 unspecified atom stereocenters. The summed E-state index contributed by atoms with van der Waals surface area (Å²) in [5, 5.41) is 4.33. The van der Waals surface area contributed by atoms with Crippen LogP contribution in [0.5, 0.6) is 5.75 Å². The largest absolute Gasteiger partial charge is 0.497 e. The van der Waals surface area contributed by atoms with Crippen LogP contribution in [-0.2, 0) is 11.3 Å². The zero-order valence-electron chi connectivity index (χ0n) is 19.4. The highest BCUT2D eigenvalue weighted by Crippen LogP contribution is 2.21. The van der Waals surface area contributed by atoms with Gasteiger partial charge in [0.2, 0.25) is 11.9 Å². The quantitative estimate of drug-likeness (QED) is 0.432. The van der Waals surface area contributed by atoms with Gasteiger partial charge in [-0.1, -0.05) is 28.8 Å². The number of aliphatic imine (C=N–C) groups is 1. The van der Waals surface area contributed by atoms with Crippen LogP contribution in [0, 0.1) is 13.8 Å². The Morgan fingerprint density at radius 2 is 1.85 bits per heavy atom. The van der Waals surface area contributed by atoms with Gasteiger partial charge in [0.1, 0.15) is 5.75 Å². The van der Waals surface area contributed by atoms with Gasteiger partial charge in [0.15, 0.2) is 0 Å². The van der Waals surface area contributed by atoms with Crippen LogP contribution in [0.4, 0.5) is 4.79 Å². The summed E-state index contributed by atoms with van der Waals surface area (Å²) in [6.07, 6.45) is 1.66. The molecule has 0 saturated carbocycles. The number of rotatable bonds is 5. The summed E-state index contributed by atoms with van der Waals surface area (Å²) in [4.78, 5) is 32.7. The lowest BCUT2D eigenvalue weighted by atomic mass is 10.0. The lowest BCUT2D eigenvalue weighted by Gasteiger charge is -2.31. The fourth-order valence-corrected chi connectivity index (χ4v) is 3.86. The average Bonchev–Trinajstić information content (AvgIpc) is 3.17. The van der Waals surface area contributed by atoms with Crippen molar-refractivity contribution in [3.8, 4) is 5.75 Å². The normalized spacial score (nSPS) is 18.2. The zero-order valence-corrected chi connectivity index (χ0v) is 19.4. The molecule has 170 valence electrons. The number of guanidine groups is 1. The van der Waals surface area contributed by atoms with Gasteiger partial charge in [-0.15, -0.1) is 5.10 Å². The van der Waals surface area contributed by atoms with E-state index in [1.54, 1.807) is 20.4 Å². The van der Waals surface area contributed by atoms with Crippen molar-refractivity contribution >= 4 is 29.9 Å². The van der Waals surface area contributed by atoms with Gasteiger partial charge >= 0.3 is 12.0 Å². The van der Waals surface area contributed by atoms with Crippen molar-refractivity contribution in [2.24, 2.45) is 10.1 Å². The van der Waals surface area contributed by atoms with E-state index in [4.69, 9.17) is 4.74 Å². The number of fused-ring (bicyclic) bond motifs is 1. The Kier molecular flexibility index (Phi) is 5.95. The smallest absolute Gasteiger partial charge is 0.414 e. The number of nitrogens with zero attached hydrogens (tertiary/aromatic N) is 5. The van der Waals surface area contributed by atoms with E-state index in [1.165, 1.54) is 11.9 Å². The first-order valence-electron chi connectivity index (χ1n) is 10.6. The molecule has 0 radical (unpaired) electrons. The molecule has 2 heterocycles. The number of carbonyl (C=O) groups excluding carboxylic acids is 2. The molecular weight excluding hydrogens is 420 g/mol. The highest BCUT2D eigenvalue weighted by molar-refractivity contribution is 6.22. The van der Waals surface area contributed by atoms with Gasteiger partial charge in [-0.3, -0.25) is 14.6 Å². The predicted octanol–water partition coefficient (Wildman–Crippen LogP) is 2.11. The first-order chi connectivity index (χ1) is 15.8. The van der Waals surface area contributed by atoms with Gasteiger partial charge in [0, 0.05) is 14.1 Å². The lowest BCUT2D eigenvalue weighted by Crippen LogP contribution is -2.61. The van der Waals surface area contributed by atoms with E-state index in [0.717, 1.165) is 32.9 Å². The molecular formula is C24H27N6O3+. The van der Waals surface area contributed by atoms with Crippen molar-refractivity contribution in [3.63, 3.8) is 0 Å². The molecule has 33 heavy (non-hydrogen) atoms. The number of imide groups is 1. The van der Waals surface area contributed by atoms with Gasteiger partial charge in [-0.05, 0) is 54.8 Å². The minimum atomic E-state index is -0.712. The molecule has 1 fully saturated rings. The first-order valence-corrected chi connectivity index (χ1v) is 10.6. The molecule has 1 atom stereocenters. The molecule has 2 aromatic carbocycles. The Morgan fingerprint density at radius 3 is 2.55 bits per heavy atom. The number of benzene rings is 2. The predicted molar refractivity (Wildman–Crippen MR) is 126 cm³/mol. The zero-order chi connectivity index (χ0) is 23.7. The molecule has 0 aromatic heterocycles. The Balaban J connectivity index is 1.68. The number of methoxy groups -OCH3 is 1. The highest BCUT2D eigenvalue weighted by atomic mass is 16.5. The Hall–Kier alpha value is -4.01. The van der Waals surface area contributed by atoms with Crippen LogP contribution < -0.4 is 10.2 Å². The molecule has 1 N–H and O–H groups in total. The third-order valence-corrected chi connectivity index (χ3v) is 5.87. The average molecular weight is 448 g/mol. The SMILES string of the molecule is COc1ccc(/C=N/NC2=[N+](Cc3cc(C)ccc3C)C3C(=O)N(C)C(=O)N(C)C3=N2)cc1. The van der Waals surface area contributed by atoms with E-state index >= 15 is 0 Å². The molecule has 2 aliphatic rings. The van der Waals surface area contributed by atoms with Crippen LogP contribution in [0.25, 0.3) is 0 Å². The number of nitrogens with one attached hydrogen (secondary N) is 1. The van der Waals surface area contributed by atoms with Crippen LogP contribution in [0.1, 0.15) is 22.3 Å². The van der Waals surface area contributed by atoms with Gasteiger partial charge < -0.3 is 4.74 Å². The third kappa shape index (κ3) is 4.21. The maximum Gasteiger partial charge on any atom is 0.414 e. The van der Waals surface area contributed by atoms with E-state index in [2.05, 4.69) is 33.7 Å². The fourth-order valence-electron chi connectivity index (χ4n) is 3.86. The van der Waals surface area contributed by atoms with Crippen LogP contribution in [0.2, 0.25) is 0 Å². The highest BCUT2D eigenvalue weighted by Gasteiger charge is 2.51. The number of carbonyl (C=O) groups is 2. The summed E-state index contributed by atoms with van der Waals surface area (Å²) in [5.41, 5.74) is 7.15. The number of amidine groups is 1. The van der Waals surface area contributed by atoms with Crippen LogP contribution in [0.3, 0.4) is 0 Å². The summed E-state index contributed by atoms with van der Waals surface area (Å²) < 4.78 is 7.03. The molecule has 3 amide bonds. The van der Waals surface area contributed by atoms with E-state index in [1.807, 2.05) is 42.7 Å². The van der Waals surface area contributed by atoms with E-state index < -0.39 is 12.1 Å². The second-order valence-corrected chi connectivity index (χ2v) is 8.14. The molecule has 9 nitrogen and oxygen atoms in total. The number of urea groups is 1. The van der Waals surface area contributed by atoms with E-state index in [-0.39, 0.29) is 5.91 Å². The number of hydrazone groups is 1. The van der Waals surface area contributed by atoms with Crippen molar-refractivity contribution in [1.82, 2.24) is 15.2 Å². The summed E-state index contributed by atoms with van der Waals surface area (Å²) in [6, 6.07) is 12.5. The van der Waals surface area contributed by atoms with Crippen molar-refractivity contribution < 1.29 is 18.9 Å². The lowest BCUT2D eigenvalue weighted by molar-refractivity contribution is -0.553. The van der Waals surface area contributed by atoms with Gasteiger partial charge in [-0.2, -0.15) is 5.43 Å². The van der Waals surface area contributed by atoms with Crippen LogP contribution in [0.15, 0.2) is 52.6 Å². The van der Waals surface area contributed by atoms with Crippen molar-refractivity contribution in [2.75, 3.05) is 21.2 Å². The van der Waals surface area contributed by atoms with E-state index in [0.29, 0.717) is 18.3 Å². The summed E-state index contributed by atoms with van der Waals surface area (Å²) in [6.45, 7) is 4.50. The first kappa shape index (κ1) is 22.2. The molecule has 0 spiro atoms.